The second-order valence-electron chi connectivity index (χ2n) is 8.95. The molecule has 214 valence electrons. The fourth-order valence-electron chi connectivity index (χ4n) is 3.91. The lowest BCUT2D eigenvalue weighted by molar-refractivity contribution is -0.159. The third-order valence-corrected chi connectivity index (χ3v) is 8.05. The zero-order valence-electron chi connectivity index (χ0n) is 22.6. The van der Waals surface area contributed by atoms with E-state index < -0.39 is 21.8 Å². The standard InChI is InChI=1S/C26H35NO5S.C2H2O4/c1-27(18-16-21-10-15-25(30-2)26(20-21)31-3)17-7-19-32-22-11-13-24(14-12-22)33(28,29)23-8-5-4-6-9-23;3-1(4)2(5)6/h8,10-15,20H,4-7,9,16-19H2,1-3H3;(H,3,4)(H,5,6). The first-order valence-electron chi connectivity index (χ1n) is 12.6. The van der Waals surface area contributed by atoms with Crippen LogP contribution >= 0.6 is 0 Å². The summed E-state index contributed by atoms with van der Waals surface area (Å²) < 4.78 is 42.0. The van der Waals surface area contributed by atoms with Gasteiger partial charge in [-0.3, -0.25) is 0 Å². The second kappa shape index (κ2) is 15.7. The van der Waals surface area contributed by atoms with Gasteiger partial charge < -0.3 is 29.3 Å². The van der Waals surface area contributed by atoms with Crippen LogP contribution in [0.25, 0.3) is 0 Å². The summed E-state index contributed by atoms with van der Waals surface area (Å²) in [6, 6.07) is 12.8. The number of aliphatic carboxylic acids is 2. The number of rotatable bonds is 12. The summed E-state index contributed by atoms with van der Waals surface area (Å²) in [6.07, 6.45) is 7.16. The van der Waals surface area contributed by atoms with Gasteiger partial charge in [-0.1, -0.05) is 12.1 Å². The Kier molecular flexibility index (Phi) is 12.8. The normalized spacial score (nSPS) is 13.1. The number of allylic oxidation sites excluding steroid dienone is 2. The average molecular weight is 564 g/mol. The highest BCUT2D eigenvalue weighted by Crippen LogP contribution is 2.29. The Balaban J connectivity index is 0.000000798. The first-order valence-corrected chi connectivity index (χ1v) is 14.1. The second-order valence-corrected chi connectivity index (χ2v) is 10.9. The molecule has 2 N–H and O–H groups in total. The van der Waals surface area contributed by atoms with E-state index >= 15 is 0 Å². The van der Waals surface area contributed by atoms with Gasteiger partial charge in [-0.25, -0.2) is 18.0 Å². The van der Waals surface area contributed by atoms with Crippen molar-refractivity contribution in [1.29, 1.82) is 0 Å². The molecular formula is C28H37NO9S. The number of ether oxygens (including phenoxy) is 3. The Morgan fingerprint density at radius 1 is 0.923 bits per heavy atom. The molecule has 0 bridgehead atoms. The van der Waals surface area contributed by atoms with Crippen LogP contribution in [0.4, 0.5) is 0 Å². The van der Waals surface area contributed by atoms with Gasteiger partial charge in [0.15, 0.2) is 11.5 Å². The number of carboxylic acids is 2. The number of likely N-dealkylation sites (N-methyl/N-ethyl adjacent to an activating group) is 1. The van der Waals surface area contributed by atoms with E-state index in [1.54, 1.807) is 38.5 Å². The Morgan fingerprint density at radius 2 is 1.59 bits per heavy atom. The van der Waals surface area contributed by atoms with Crippen LogP contribution in [0, 0.1) is 0 Å². The highest BCUT2D eigenvalue weighted by Gasteiger charge is 2.21. The van der Waals surface area contributed by atoms with E-state index in [0.717, 1.165) is 56.7 Å². The van der Waals surface area contributed by atoms with E-state index in [4.69, 9.17) is 34.0 Å². The molecule has 1 aliphatic rings. The molecule has 0 aromatic heterocycles. The van der Waals surface area contributed by atoms with Crippen molar-refractivity contribution in [2.45, 2.75) is 43.4 Å². The predicted molar refractivity (Wildman–Crippen MR) is 146 cm³/mol. The summed E-state index contributed by atoms with van der Waals surface area (Å²) in [5.41, 5.74) is 1.20. The summed E-state index contributed by atoms with van der Waals surface area (Å²) in [7, 11) is 2.01. The highest BCUT2D eigenvalue weighted by atomic mass is 32.2. The van der Waals surface area contributed by atoms with Crippen LogP contribution in [0.5, 0.6) is 17.2 Å². The molecule has 0 radical (unpaired) electrons. The van der Waals surface area contributed by atoms with Gasteiger partial charge in [0.2, 0.25) is 9.84 Å². The minimum atomic E-state index is -3.37. The van der Waals surface area contributed by atoms with Crippen LogP contribution in [-0.2, 0) is 25.8 Å². The van der Waals surface area contributed by atoms with Crippen molar-refractivity contribution < 1.29 is 42.4 Å². The minimum Gasteiger partial charge on any atom is -0.494 e. The molecule has 0 amide bonds. The van der Waals surface area contributed by atoms with Gasteiger partial charge in [0.05, 0.1) is 25.7 Å². The Hall–Kier alpha value is -3.57. The monoisotopic (exact) mass is 563 g/mol. The van der Waals surface area contributed by atoms with Crippen molar-refractivity contribution in [3.8, 4) is 17.2 Å². The zero-order valence-corrected chi connectivity index (χ0v) is 23.4. The van der Waals surface area contributed by atoms with Crippen LogP contribution in [-0.4, -0.2) is 76.4 Å². The molecule has 2 aromatic carbocycles. The van der Waals surface area contributed by atoms with Gasteiger partial charge in [-0.2, -0.15) is 0 Å². The lowest BCUT2D eigenvalue weighted by atomic mass is 10.1. The van der Waals surface area contributed by atoms with Gasteiger partial charge >= 0.3 is 11.9 Å². The first kappa shape index (κ1) is 31.6. The molecule has 0 atom stereocenters. The maximum atomic E-state index is 12.7. The van der Waals surface area contributed by atoms with Crippen LogP contribution in [0.2, 0.25) is 0 Å². The largest absolute Gasteiger partial charge is 0.494 e. The molecule has 0 heterocycles. The smallest absolute Gasteiger partial charge is 0.414 e. The Morgan fingerprint density at radius 3 is 2.15 bits per heavy atom. The van der Waals surface area contributed by atoms with E-state index in [9.17, 15) is 8.42 Å². The number of hydrogen-bond acceptors (Lipinski definition) is 8. The molecule has 1 aliphatic carbocycles. The molecular weight excluding hydrogens is 526 g/mol. The molecule has 0 unspecified atom stereocenters. The van der Waals surface area contributed by atoms with Crippen molar-refractivity contribution >= 4 is 21.8 Å². The SMILES string of the molecule is COc1ccc(CCN(C)CCCOc2ccc(S(=O)(=O)C3=CCCCC3)cc2)cc1OC.O=C(O)C(=O)O. The molecule has 0 aliphatic heterocycles. The van der Waals surface area contributed by atoms with Gasteiger partial charge in [0.1, 0.15) is 5.75 Å². The lowest BCUT2D eigenvalue weighted by Gasteiger charge is -2.17. The molecule has 10 nitrogen and oxygen atoms in total. The van der Waals surface area contributed by atoms with Crippen LogP contribution in [0.15, 0.2) is 58.3 Å². The van der Waals surface area contributed by atoms with Crippen molar-refractivity contribution in [2.75, 3.05) is 41.0 Å². The average Bonchev–Trinajstić information content (AvgIpc) is 2.95. The lowest BCUT2D eigenvalue weighted by Crippen LogP contribution is -2.23. The van der Waals surface area contributed by atoms with Gasteiger partial charge in [0, 0.05) is 18.0 Å². The highest BCUT2D eigenvalue weighted by molar-refractivity contribution is 7.95. The number of sulfone groups is 1. The maximum Gasteiger partial charge on any atom is 0.414 e. The van der Waals surface area contributed by atoms with Crippen molar-refractivity contribution in [3.63, 3.8) is 0 Å². The van der Waals surface area contributed by atoms with Crippen LogP contribution in [0.1, 0.15) is 37.7 Å². The molecule has 0 saturated carbocycles. The summed E-state index contributed by atoms with van der Waals surface area (Å²) in [4.78, 5) is 21.4. The molecule has 3 rings (SSSR count). The molecule has 2 aromatic rings. The molecule has 0 fully saturated rings. The Labute approximate surface area is 229 Å². The minimum absolute atomic E-state index is 0.345. The summed E-state index contributed by atoms with van der Waals surface area (Å²) in [6.45, 7) is 2.42. The number of carboxylic acid groups (broad SMARTS) is 2. The number of benzene rings is 2. The third kappa shape index (κ3) is 10.3. The molecule has 11 heteroatoms. The topological polar surface area (TPSA) is 140 Å². The van der Waals surface area contributed by atoms with E-state index in [0.29, 0.717) is 28.6 Å². The molecule has 0 saturated heterocycles. The third-order valence-electron chi connectivity index (χ3n) is 6.09. The fraction of sp³-hybridized carbons (Fsp3) is 0.429. The van der Waals surface area contributed by atoms with E-state index in [1.165, 1.54) is 5.56 Å². The van der Waals surface area contributed by atoms with Crippen molar-refractivity contribution in [2.24, 2.45) is 0 Å². The van der Waals surface area contributed by atoms with Gasteiger partial charge in [-0.15, -0.1) is 0 Å². The van der Waals surface area contributed by atoms with Gasteiger partial charge in [-0.05, 0) is 87.5 Å². The maximum absolute atomic E-state index is 12.7. The van der Waals surface area contributed by atoms with Crippen LogP contribution in [0.3, 0.4) is 0 Å². The van der Waals surface area contributed by atoms with Crippen molar-refractivity contribution in [1.82, 2.24) is 4.90 Å². The van der Waals surface area contributed by atoms with E-state index in [2.05, 4.69) is 18.0 Å². The number of hydrogen-bond donors (Lipinski definition) is 2. The van der Waals surface area contributed by atoms with E-state index in [1.807, 2.05) is 18.2 Å². The Bertz CT molecular complexity index is 1210. The first-order chi connectivity index (χ1) is 18.6. The number of methoxy groups -OCH3 is 2. The van der Waals surface area contributed by atoms with Gasteiger partial charge in [0.25, 0.3) is 0 Å². The summed E-state index contributed by atoms with van der Waals surface area (Å²) >= 11 is 0. The number of nitrogens with zero attached hydrogens (tertiary/aromatic N) is 1. The van der Waals surface area contributed by atoms with E-state index in [-0.39, 0.29) is 0 Å². The summed E-state index contributed by atoms with van der Waals surface area (Å²) in [5.74, 6) is -1.46. The molecule has 0 spiro atoms. The van der Waals surface area contributed by atoms with Crippen molar-refractivity contribution in [3.05, 3.63) is 59.0 Å². The quantitative estimate of drug-likeness (QED) is 0.287. The zero-order chi connectivity index (χ0) is 28.8. The molecule has 39 heavy (non-hydrogen) atoms. The fourth-order valence-corrected chi connectivity index (χ4v) is 5.46. The summed E-state index contributed by atoms with van der Waals surface area (Å²) in [5, 5.41) is 14.8. The van der Waals surface area contributed by atoms with Crippen LogP contribution < -0.4 is 14.2 Å². The number of carbonyl (C=O) groups is 2. The predicted octanol–water partition coefficient (Wildman–Crippen LogP) is 4.03.